The number of benzene rings is 2. The van der Waals surface area contributed by atoms with Gasteiger partial charge in [-0.15, -0.1) is 0 Å². The van der Waals surface area contributed by atoms with Gasteiger partial charge in [0.2, 0.25) is 5.91 Å². The van der Waals surface area contributed by atoms with Crippen molar-refractivity contribution in [1.82, 2.24) is 9.80 Å². The molecule has 0 saturated carbocycles. The average molecular weight is 341 g/mol. The molecule has 0 N–H and O–H groups in total. The molecule has 1 saturated heterocycles. The van der Waals surface area contributed by atoms with E-state index in [4.69, 9.17) is 0 Å². The summed E-state index contributed by atoms with van der Waals surface area (Å²) in [5.41, 5.74) is 1.82. The molecule has 0 aliphatic carbocycles. The Labute approximate surface area is 148 Å². The van der Waals surface area contributed by atoms with Crippen molar-refractivity contribution in [3.8, 4) is 0 Å². The van der Waals surface area contributed by atoms with Crippen molar-refractivity contribution in [3.63, 3.8) is 0 Å². The second-order valence-corrected chi connectivity index (χ2v) is 6.48. The smallest absolute Gasteiger partial charge is 0.236 e. The fourth-order valence-electron chi connectivity index (χ4n) is 3.19. The molecule has 1 fully saturated rings. The van der Waals surface area contributed by atoms with Gasteiger partial charge in [-0.3, -0.25) is 9.69 Å². The minimum atomic E-state index is -0.204. The molecule has 132 valence electrons. The summed E-state index contributed by atoms with van der Waals surface area (Å²) in [6.45, 7) is 3.74. The predicted molar refractivity (Wildman–Crippen MR) is 98.0 cm³/mol. The Hall–Kier alpha value is -2.40. The highest BCUT2D eigenvalue weighted by molar-refractivity contribution is 5.78. The highest BCUT2D eigenvalue weighted by Crippen LogP contribution is 2.20. The number of para-hydroxylation sites is 1. The van der Waals surface area contributed by atoms with Crippen molar-refractivity contribution in [2.24, 2.45) is 0 Å². The Morgan fingerprint density at radius 2 is 1.64 bits per heavy atom. The highest BCUT2D eigenvalue weighted by Gasteiger charge is 2.23. The SMILES string of the molecule is CN(CC(=O)N1CCN(c2ccccc2F)CC1)Cc1ccccc1. The van der Waals surface area contributed by atoms with E-state index in [1.54, 1.807) is 12.1 Å². The quantitative estimate of drug-likeness (QED) is 0.836. The number of likely N-dealkylation sites (N-methyl/N-ethyl adjacent to an activating group) is 1. The van der Waals surface area contributed by atoms with Gasteiger partial charge in [0.05, 0.1) is 12.2 Å². The van der Waals surface area contributed by atoms with E-state index in [0.717, 1.165) is 6.54 Å². The number of carbonyl (C=O) groups is 1. The minimum Gasteiger partial charge on any atom is -0.366 e. The third-order valence-corrected chi connectivity index (χ3v) is 4.53. The molecule has 0 aromatic heterocycles. The first-order valence-corrected chi connectivity index (χ1v) is 8.63. The van der Waals surface area contributed by atoms with Crippen LogP contribution in [0.1, 0.15) is 5.56 Å². The lowest BCUT2D eigenvalue weighted by Crippen LogP contribution is -2.51. The molecular formula is C20H24FN3O. The third-order valence-electron chi connectivity index (χ3n) is 4.53. The molecule has 1 amide bonds. The van der Waals surface area contributed by atoms with Crippen molar-refractivity contribution >= 4 is 11.6 Å². The lowest BCUT2D eigenvalue weighted by molar-refractivity contribution is -0.132. The van der Waals surface area contributed by atoms with Crippen molar-refractivity contribution in [3.05, 3.63) is 66.0 Å². The summed E-state index contributed by atoms with van der Waals surface area (Å²) in [5, 5.41) is 0. The first-order valence-electron chi connectivity index (χ1n) is 8.63. The van der Waals surface area contributed by atoms with E-state index < -0.39 is 0 Å². The Balaban J connectivity index is 1.49. The van der Waals surface area contributed by atoms with E-state index in [0.29, 0.717) is 38.4 Å². The molecule has 4 nitrogen and oxygen atoms in total. The van der Waals surface area contributed by atoms with E-state index in [1.807, 2.05) is 46.0 Å². The number of rotatable bonds is 5. The number of halogens is 1. The highest BCUT2D eigenvalue weighted by atomic mass is 19.1. The van der Waals surface area contributed by atoms with E-state index in [2.05, 4.69) is 12.1 Å². The lowest BCUT2D eigenvalue weighted by atomic mass is 10.2. The molecule has 0 atom stereocenters. The van der Waals surface area contributed by atoms with Gasteiger partial charge in [0.15, 0.2) is 0 Å². The third kappa shape index (κ3) is 4.57. The van der Waals surface area contributed by atoms with Crippen molar-refractivity contribution in [2.75, 3.05) is 44.7 Å². The molecule has 3 rings (SSSR count). The van der Waals surface area contributed by atoms with Gasteiger partial charge in [-0.2, -0.15) is 0 Å². The van der Waals surface area contributed by atoms with E-state index >= 15 is 0 Å². The summed E-state index contributed by atoms with van der Waals surface area (Å²) in [5.74, 6) is -0.0727. The largest absolute Gasteiger partial charge is 0.366 e. The summed E-state index contributed by atoms with van der Waals surface area (Å²) in [4.78, 5) is 18.4. The van der Waals surface area contributed by atoms with Gasteiger partial charge in [0.1, 0.15) is 5.82 Å². The van der Waals surface area contributed by atoms with Crippen LogP contribution >= 0.6 is 0 Å². The number of hydrogen-bond donors (Lipinski definition) is 0. The van der Waals surface area contributed by atoms with E-state index in [-0.39, 0.29) is 11.7 Å². The molecule has 1 heterocycles. The minimum absolute atomic E-state index is 0.131. The number of nitrogens with zero attached hydrogens (tertiary/aromatic N) is 3. The van der Waals surface area contributed by atoms with Crippen LogP contribution in [0.5, 0.6) is 0 Å². The summed E-state index contributed by atoms with van der Waals surface area (Å²) in [6, 6.07) is 16.9. The molecule has 2 aromatic carbocycles. The topological polar surface area (TPSA) is 26.8 Å². The molecule has 1 aliphatic rings. The predicted octanol–water partition coefficient (Wildman–Crippen LogP) is 2.61. The van der Waals surface area contributed by atoms with Gasteiger partial charge in [-0.05, 0) is 24.7 Å². The number of anilines is 1. The molecule has 1 aliphatic heterocycles. The van der Waals surface area contributed by atoms with Crippen LogP contribution in [0, 0.1) is 5.82 Å². The molecule has 0 radical (unpaired) electrons. The number of piperazine rings is 1. The van der Waals surface area contributed by atoms with Crippen molar-refractivity contribution in [1.29, 1.82) is 0 Å². The van der Waals surface area contributed by atoms with Crippen LogP contribution in [0.2, 0.25) is 0 Å². The zero-order valence-corrected chi connectivity index (χ0v) is 14.6. The Bertz CT molecular complexity index is 699. The van der Waals surface area contributed by atoms with Gasteiger partial charge in [-0.25, -0.2) is 4.39 Å². The monoisotopic (exact) mass is 341 g/mol. The van der Waals surface area contributed by atoms with Gasteiger partial charge < -0.3 is 9.80 Å². The number of hydrogen-bond acceptors (Lipinski definition) is 3. The summed E-state index contributed by atoms with van der Waals surface area (Å²) in [7, 11) is 1.96. The molecule has 0 unspecified atom stereocenters. The second-order valence-electron chi connectivity index (χ2n) is 6.48. The van der Waals surface area contributed by atoms with Gasteiger partial charge in [-0.1, -0.05) is 42.5 Å². The van der Waals surface area contributed by atoms with E-state index in [1.165, 1.54) is 11.6 Å². The Morgan fingerprint density at radius 1 is 1.00 bits per heavy atom. The number of carbonyl (C=O) groups excluding carboxylic acids is 1. The van der Waals surface area contributed by atoms with Crippen LogP contribution in [0.4, 0.5) is 10.1 Å². The first-order chi connectivity index (χ1) is 12.1. The molecule has 5 heteroatoms. The first kappa shape index (κ1) is 17.4. The Kier molecular flexibility index (Phi) is 5.66. The fraction of sp³-hybridized carbons (Fsp3) is 0.350. The number of amides is 1. The standard InChI is InChI=1S/C20H24FN3O/c1-22(15-17-7-3-2-4-8-17)16-20(25)24-13-11-23(12-14-24)19-10-6-5-9-18(19)21/h2-10H,11-16H2,1H3. The normalized spacial score (nSPS) is 14.8. The maximum Gasteiger partial charge on any atom is 0.236 e. The second kappa shape index (κ2) is 8.12. The lowest BCUT2D eigenvalue weighted by Gasteiger charge is -2.36. The molecule has 0 bridgehead atoms. The maximum absolute atomic E-state index is 13.9. The molecule has 2 aromatic rings. The zero-order valence-electron chi connectivity index (χ0n) is 14.6. The summed E-state index contributed by atoms with van der Waals surface area (Å²) < 4.78 is 13.9. The van der Waals surface area contributed by atoms with Crippen LogP contribution in [0.25, 0.3) is 0 Å². The molecule has 0 spiro atoms. The average Bonchev–Trinajstić information content (AvgIpc) is 2.63. The van der Waals surface area contributed by atoms with Crippen LogP contribution in [-0.4, -0.2) is 55.5 Å². The van der Waals surface area contributed by atoms with Crippen LogP contribution < -0.4 is 4.90 Å². The summed E-state index contributed by atoms with van der Waals surface area (Å²) in [6.07, 6.45) is 0. The Morgan fingerprint density at radius 3 is 2.32 bits per heavy atom. The van der Waals surface area contributed by atoms with E-state index in [9.17, 15) is 9.18 Å². The van der Waals surface area contributed by atoms with Crippen LogP contribution in [-0.2, 0) is 11.3 Å². The fourth-order valence-corrected chi connectivity index (χ4v) is 3.19. The maximum atomic E-state index is 13.9. The van der Waals surface area contributed by atoms with Crippen LogP contribution in [0.3, 0.4) is 0 Å². The molecule has 25 heavy (non-hydrogen) atoms. The van der Waals surface area contributed by atoms with Crippen LogP contribution in [0.15, 0.2) is 54.6 Å². The zero-order chi connectivity index (χ0) is 17.6. The van der Waals surface area contributed by atoms with Crippen molar-refractivity contribution < 1.29 is 9.18 Å². The van der Waals surface area contributed by atoms with Gasteiger partial charge in [0.25, 0.3) is 0 Å². The molecular weight excluding hydrogens is 317 g/mol. The van der Waals surface area contributed by atoms with Gasteiger partial charge >= 0.3 is 0 Å². The van der Waals surface area contributed by atoms with Crippen molar-refractivity contribution in [2.45, 2.75) is 6.54 Å². The summed E-state index contributed by atoms with van der Waals surface area (Å²) >= 11 is 0. The van der Waals surface area contributed by atoms with Gasteiger partial charge in [0, 0.05) is 32.7 Å².